The Morgan fingerprint density at radius 3 is 2.72 bits per heavy atom. The molecule has 100 valence electrons. The van der Waals surface area contributed by atoms with Crippen LogP contribution in [-0.2, 0) is 14.3 Å². The van der Waals surface area contributed by atoms with Gasteiger partial charge in [0.25, 0.3) is 0 Å². The monoisotopic (exact) mass is 270 g/mol. The number of hydrogen-bond donors (Lipinski definition) is 2. The molecule has 0 saturated heterocycles. The van der Waals surface area contributed by atoms with Gasteiger partial charge < -0.3 is 15.4 Å². The average Bonchev–Trinajstić information content (AvgIpc) is 2.86. The summed E-state index contributed by atoms with van der Waals surface area (Å²) in [5.74, 6) is -0.702. The van der Waals surface area contributed by atoms with Gasteiger partial charge in [-0.3, -0.25) is 4.79 Å². The van der Waals surface area contributed by atoms with E-state index in [9.17, 15) is 9.59 Å². The molecule has 1 amide bonds. The molecule has 1 rings (SSSR count). The molecule has 5 nitrogen and oxygen atoms in total. The Morgan fingerprint density at radius 2 is 2.22 bits per heavy atom. The van der Waals surface area contributed by atoms with Gasteiger partial charge in [0.05, 0.1) is 7.11 Å². The molecule has 18 heavy (non-hydrogen) atoms. The van der Waals surface area contributed by atoms with E-state index in [2.05, 4.69) is 15.4 Å². The first-order valence-corrected chi connectivity index (χ1v) is 6.54. The van der Waals surface area contributed by atoms with Gasteiger partial charge in [0.1, 0.15) is 6.04 Å². The van der Waals surface area contributed by atoms with Crippen LogP contribution in [-0.4, -0.2) is 31.6 Å². The molecule has 0 aliphatic heterocycles. The fraction of sp³-hybridized carbons (Fsp3) is 0.500. The van der Waals surface area contributed by atoms with Crippen molar-refractivity contribution in [1.82, 2.24) is 10.6 Å². The van der Waals surface area contributed by atoms with Gasteiger partial charge in [-0.25, -0.2) is 4.79 Å². The summed E-state index contributed by atoms with van der Waals surface area (Å²) >= 11 is 1.64. The molecule has 1 aromatic heterocycles. The fourth-order valence-corrected chi connectivity index (χ4v) is 2.27. The molecule has 1 unspecified atom stereocenters. The van der Waals surface area contributed by atoms with Crippen molar-refractivity contribution in [3.63, 3.8) is 0 Å². The summed E-state index contributed by atoms with van der Waals surface area (Å²) in [5, 5.41) is 7.76. The Hall–Kier alpha value is -1.40. The number of nitrogens with one attached hydrogen (secondary N) is 2. The third kappa shape index (κ3) is 4.46. The molecule has 6 heteroatoms. The molecule has 1 heterocycles. The highest BCUT2D eigenvalue weighted by atomic mass is 32.1. The summed E-state index contributed by atoms with van der Waals surface area (Å²) in [5.41, 5.74) is 0. The van der Waals surface area contributed by atoms with Crippen molar-refractivity contribution in [3.05, 3.63) is 22.4 Å². The molecule has 0 spiro atoms. The molecular weight excluding hydrogens is 252 g/mol. The number of methoxy groups -OCH3 is 1. The average molecular weight is 270 g/mol. The highest BCUT2D eigenvalue weighted by Gasteiger charge is 2.20. The molecule has 0 aliphatic carbocycles. The molecule has 0 bridgehead atoms. The second kappa shape index (κ2) is 7.13. The van der Waals surface area contributed by atoms with Gasteiger partial charge in [-0.2, -0.15) is 0 Å². The van der Waals surface area contributed by atoms with Crippen LogP contribution in [0.4, 0.5) is 0 Å². The first-order valence-electron chi connectivity index (χ1n) is 5.66. The van der Waals surface area contributed by atoms with E-state index in [4.69, 9.17) is 0 Å². The predicted molar refractivity (Wildman–Crippen MR) is 70.4 cm³/mol. The second-order valence-electron chi connectivity index (χ2n) is 3.92. The first-order chi connectivity index (χ1) is 8.54. The standard InChI is InChI=1S/C12H18N2O3S/c1-8(11-5-4-6-18-11)13-7-10(12(16)17-3)14-9(2)15/h4-6,8,10,13H,7H2,1-3H3,(H,14,15)/t8-,10?/m1/s1. The smallest absolute Gasteiger partial charge is 0.329 e. The maximum absolute atomic E-state index is 11.5. The highest BCUT2D eigenvalue weighted by Crippen LogP contribution is 2.17. The number of carbonyl (C=O) groups excluding carboxylic acids is 2. The third-order valence-electron chi connectivity index (χ3n) is 2.46. The first kappa shape index (κ1) is 14.7. The lowest BCUT2D eigenvalue weighted by atomic mass is 10.2. The minimum atomic E-state index is -0.657. The number of ether oxygens (including phenoxy) is 1. The van der Waals surface area contributed by atoms with E-state index >= 15 is 0 Å². The zero-order valence-corrected chi connectivity index (χ0v) is 11.5. The highest BCUT2D eigenvalue weighted by molar-refractivity contribution is 7.10. The van der Waals surface area contributed by atoms with Gasteiger partial charge >= 0.3 is 5.97 Å². The SMILES string of the molecule is COC(=O)C(CN[C@H](C)c1cccs1)NC(C)=O. The van der Waals surface area contributed by atoms with Gasteiger partial charge in [-0.1, -0.05) is 6.07 Å². The summed E-state index contributed by atoms with van der Waals surface area (Å²) in [4.78, 5) is 23.7. The molecule has 0 aromatic carbocycles. The van der Waals surface area contributed by atoms with Crippen molar-refractivity contribution < 1.29 is 14.3 Å². The molecule has 2 N–H and O–H groups in total. The summed E-state index contributed by atoms with van der Waals surface area (Å²) in [6, 6.07) is 3.47. The summed E-state index contributed by atoms with van der Waals surface area (Å²) in [7, 11) is 1.31. The van der Waals surface area contributed by atoms with Crippen LogP contribution >= 0.6 is 11.3 Å². The summed E-state index contributed by atoms with van der Waals surface area (Å²) in [6.45, 7) is 3.72. The lowest BCUT2D eigenvalue weighted by Crippen LogP contribution is -2.47. The number of esters is 1. The molecular formula is C12H18N2O3S. The van der Waals surface area contributed by atoms with Crippen LogP contribution in [0, 0.1) is 0 Å². The van der Waals surface area contributed by atoms with Crippen molar-refractivity contribution in [2.75, 3.05) is 13.7 Å². The number of hydrogen-bond acceptors (Lipinski definition) is 5. The van der Waals surface area contributed by atoms with Crippen LogP contribution in [0.25, 0.3) is 0 Å². The van der Waals surface area contributed by atoms with E-state index in [1.54, 1.807) is 11.3 Å². The second-order valence-corrected chi connectivity index (χ2v) is 4.90. The summed E-state index contributed by atoms with van der Waals surface area (Å²) in [6.07, 6.45) is 0. The lowest BCUT2D eigenvalue weighted by molar-refractivity contribution is -0.144. The van der Waals surface area contributed by atoms with Crippen LogP contribution in [0.1, 0.15) is 24.8 Å². The van der Waals surface area contributed by atoms with E-state index in [1.165, 1.54) is 18.9 Å². The van der Waals surface area contributed by atoms with E-state index in [0.717, 1.165) is 0 Å². The molecule has 0 fully saturated rings. The topological polar surface area (TPSA) is 67.4 Å². The Morgan fingerprint density at radius 1 is 1.50 bits per heavy atom. The van der Waals surface area contributed by atoms with E-state index < -0.39 is 12.0 Å². The molecule has 0 radical (unpaired) electrons. The fourth-order valence-electron chi connectivity index (χ4n) is 1.51. The van der Waals surface area contributed by atoms with E-state index in [0.29, 0.717) is 6.54 Å². The number of thiophene rings is 1. The van der Waals surface area contributed by atoms with Gasteiger partial charge in [0, 0.05) is 24.4 Å². The minimum absolute atomic E-state index is 0.130. The van der Waals surface area contributed by atoms with Gasteiger partial charge in [0.2, 0.25) is 5.91 Å². The van der Waals surface area contributed by atoms with Gasteiger partial charge in [0.15, 0.2) is 0 Å². The zero-order valence-electron chi connectivity index (χ0n) is 10.7. The van der Waals surface area contributed by atoms with E-state index in [1.807, 2.05) is 24.4 Å². The van der Waals surface area contributed by atoms with Crippen molar-refractivity contribution in [2.24, 2.45) is 0 Å². The number of amides is 1. The molecule has 1 aromatic rings. The van der Waals surface area contributed by atoms with Crippen LogP contribution in [0.3, 0.4) is 0 Å². The Bertz CT molecular complexity index is 392. The van der Waals surface area contributed by atoms with Crippen molar-refractivity contribution in [2.45, 2.75) is 25.9 Å². The summed E-state index contributed by atoms with van der Waals surface area (Å²) < 4.78 is 4.65. The van der Waals surface area contributed by atoms with Crippen LogP contribution < -0.4 is 10.6 Å². The molecule has 0 aliphatic rings. The Labute approximate surface area is 111 Å². The van der Waals surface area contributed by atoms with Crippen molar-refractivity contribution >= 4 is 23.2 Å². The maximum Gasteiger partial charge on any atom is 0.329 e. The van der Waals surface area contributed by atoms with Crippen LogP contribution in [0.5, 0.6) is 0 Å². The van der Waals surface area contributed by atoms with Crippen molar-refractivity contribution in [3.8, 4) is 0 Å². The van der Waals surface area contributed by atoms with Crippen molar-refractivity contribution in [1.29, 1.82) is 0 Å². The Balaban J connectivity index is 2.51. The molecule has 2 atom stereocenters. The molecule has 0 saturated carbocycles. The minimum Gasteiger partial charge on any atom is -0.467 e. The van der Waals surface area contributed by atoms with Crippen LogP contribution in [0.2, 0.25) is 0 Å². The van der Waals surface area contributed by atoms with E-state index in [-0.39, 0.29) is 11.9 Å². The van der Waals surface area contributed by atoms with Gasteiger partial charge in [-0.05, 0) is 18.4 Å². The van der Waals surface area contributed by atoms with Crippen LogP contribution in [0.15, 0.2) is 17.5 Å². The number of carbonyl (C=O) groups is 2. The largest absolute Gasteiger partial charge is 0.467 e. The Kier molecular flexibility index (Phi) is 5.80. The normalized spacial score (nSPS) is 13.7. The lowest BCUT2D eigenvalue weighted by Gasteiger charge is -2.19. The maximum atomic E-state index is 11.5. The number of rotatable bonds is 6. The quantitative estimate of drug-likeness (QED) is 0.759. The third-order valence-corrected chi connectivity index (χ3v) is 3.52. The van der Waals surface area contributed by atoms with Gasteiger partial charge in [-0.15, -0.1) is 11.3 Å². The zero-order chi connectivity index (χ0) is 13.5. The predicted octanol–water partition coefficient (Wildman–Crippen LogP) is 1.08.